The van der Waals surface area contributed by atoms with Crippen LogP contribution in [0.15, 0.2) is 23.1 Å². The molecule has 0 atom stereocenters. The van der Waals surface area contributed by atoms with Gasteiger partial charge in [0.1, 0.15) is 11.0 Å². The van der Waals surface area contributed by atoms with Crippen molar-refractivity contribution in [3.8, 4) is 6.07 Å². The van der Waals surface area contributed by atoms with Gasteiger partial charge in [0.2, 0.25) is 0 Å². The van der Waals surface area contributed by atoms with E-state index in [2.05, 4.69) is 0 Å². The summed E-state index contributed by atoms with van der Waals surface area (Å²) in [5.74, 6) is 0. The van der Waals surface area contributed by atoms with Crippen molar-refractivity contribution in [2.45, 2.75) is 4.90 Å². The lowest BCUT2D eigenvalue weighted by Gasteiger charge is -1.98. The molecule has 0 fully saturated rings. The van der Waals surface area contributed by atoms with Crippen molar-refractivity contribution in [1.82, 2.24) is 0 Å². The molecule has 0 aliphatic heterocycles. The van der Waals surface area contributed by atoms with Crippen LogP contribution in [0.3, 0.4) is 0 Å². The maximum Gasteiger partial charge on any atom is 0.262 e. The van der Waals surface area contributed by atoms with Gasteiger partial charge < -0.3 is 0 Å². The minimum absolute atomic E-state index is 0.0144. The zero-order valence-electron chi connectivity index (χ0n) is 6.16. The van der Waals surface area contributed by atoms with Gasteiger partial charge in [-0.05, 0) is 18.2 Å². The molecule has 3 nitrogen and oxygen atoms in total. The highest BCUT2D eigenvalue weighted by Gasteiger charge is 2.15. The summed E-state index contributed by atoms with van der Waals surface area (Å²) in [4.78, 5) is -0.260. The molecule has 0 saturated heterocycles. The summed E-state index contributed by atoms with van der Waals surface area (Å²) in [5, 5.41) is 8.78. The number of halogens is 2. The summed E-state index contributed by atoms with van der Waals surface area (Å²) in [6.45, 7) is 0. The van der Waals surface area contributed by atoms with E-state index in [0.717, 1.165) is 6.07 Å². The largest absolute Gasteiger partial charge is 0.262 e. The van der Waals surface area contributed by atoms with Gasteiger partial charge in [0.25, 0.3) is 9.05 Å². The fourth-order valence-electron chi connectivity index (χ4n) is 0.790. The second-order valence-corrected chi connectivity index (χ2v) is 5.16. The van der Waals surface area contributed by atoms with Gasteiger partial charge in [-0.2, -0.15) is 5.26 Å². The average Bonchev–Trinajstić information content (AvgIpc) is 2.03. The highest BCUT2D eigenvalue weighted by molar-refractivity contribution is 8.13. The molecule has 0 spiro atoms. The maximum absolute atomic E-state index is 10.9. The first-order valence-electron chi connectivity index (χ1n) is 3.09. The molecule has 0 radical (unpaired) electrons. The van der Waals surface area contributed by atoms with Crippen LogP contribution in [0, 0.1) is 11.3 Å². The van der Waals surface area contributed by atoms with Crippen LogP contribution in [0.4, 0.5) is 0 Å². The first-order chi connectivity index (χ1) is 5.95. The van der Waals surface area contributed by atoms with Gasteiger partial charge in [0.15, 0.2) is 0 Å². The third kappa shape index (κ3) is 2.34. The van der Waals surface area contributed by atoms with Crippen molar-refractivity contribution < 1.29 is 8.42 Å². The van der Waals surface area contributed by atoms with Crippen molar-refractivity contribution in [3.05, 3.63) is 28.8 Å². The van der Waals surface area contributed by atoms with E-state index < -0.39 is 9.05 Å². The Hall–Kier alpha value is -0.760. The number of hydrogen-bond acceptors (Lipinski definition) is 3. The molecule has 0 unspecified atom stereocenters. The van der Waals surface area contributed by atoms with Gasteiger partial charge in [-0.3, -0.25) is 0 Å². The smallest absolute Gasteiger partial charge is 0.207 e. The Morgan fingerprint density at radius 1 is 1.38 bits per heavy atom. The number of hydrogen-bond donors (Lipinski definition) is 0. The molecule has 6 heteroatoms. The van der Waals surface area contributed by atoms with Crippen LogP contribution in [0.5, 0.6) is 0 Å². The van der Waals surface area contributed by atoms with Crippen LogP contribution >= 0.6 is 22.3 Å². The van der Waals surface area contributed by atoms with E-state index in [-0.39, 0.29) is 15.5 Å². The highest BCUT2D eigenvalue weighted by Crippen LogP contribution is 2.23. The predicted octanol–water partition coefficient (Wildman–Crippen LogP) is 2.14. The van der Waals surface area contributed by atoms with Crippen molar-refractivity contribution in [3.63, 3.8) is 0 Å². The van der Waals surface area contributed by atoms with E-state index in [1.165, 1.54) is 12.1 Å². The molecule has 0 aliphatic rings. The normalized spacial score (nSPS) is 10.8. The van der Waals surface area contributed by atoms with Crippen molar-refractivity contribution >= 4 is 31.3 Å². The Bertz CT molecular complexity index is 476. The zero-order valence-corrected chi connectivity index (χ0v) is 8.49. The minimum Gasteiger partial charge on any atom is -0.207 e. The maximum atomic E-state index is 10.9. The van der Waals surface area contributed by atoms with Gasteiger partial charge in [-0.15, -0.1) is 0 Å². The summed E-state index contributed by atoms with van der Waals surface area (Å²) in [5.41, 5.74) is -0.0144. The summed E-state index contributed by atoms with van der Waals surface area (Å²) in [6, 6.07) is 5.57. The Morgan fingerprint density at radius 2 is 2.00 bits per heavy atom. The van der Waals surface area contributed by atoms with E-state index in [1.54, 1.807) is 6.07 Å². The first-order valence-corrected chi connectivity index (χ1v) is 5.78. The lowest BCUT2D eigenvalue weighted by Crippen LogP contribution is -1.94. The van der Waals surface area contributed by atoms with Gasteiger partial charge >= 0.3 is 0 Å². The molecule has 1 aromatic carbocycles. The van der Waals surface area contributed by atoms with Gasteiger partial charge in [0, 0.05) is 15.7 Å². The number of nitriles is 1. The van der Waals surface area contributed by atoms with Crippen LogP contribution in [0.2, 0.25) is 5.02 Å². The van der Waals surface area contributed by atoms with Gasteiger partial charge in [-0.1, -0.05) is 11.6 Å². The number of benzene rings is 1. The fourth-order valence-corrected chi connectivity index (χ4v) is 2.05. The Balaban J connectivity index is 3.53. The van der Waals surface area contributed by atoms with Crippen LogP contribution in [-0.2, 0) is 9.05 Å². The number of nitrogens with zero attached hydrogens (tertiary/aromatic N) is 1. The van der Waals surface area contributed by atoms with E-state index >= 15 is 0 Å². The van der Waals surface area contributed by atoms with Gasteiger partial charge in [-0.25, -0.2) is 8.42 Å². The van der Waals surface area contributed by atoms with Crippen LogP contribution in [0.1, 0.15) is 5.56 Å². The van der Waals surface area contributed by atoms with E-state index in [1.807, 2.05) is 0 Å². The summed E-state index contributed by atoms with van der Waals surface area (Å²) < 4.78 is 21.8. The molecule has 13 heavy (non-hydrogen) atoms. The molecule has 0 saturated carbocycles. The zero-order chi connectivity index (χ0) is 10.1. The second kappa shape index (κ2) is 3.54. The summed E-state index contributed by atoms with van der Waals surface area (Å²) in [6.07, 6.45) is 0. The average molecular weight is 236 g/mol. The molecular formula is C7H3Cl2NO2S. The highest BCUT2D eigenvalue weighted by atomic mass is 35.7. The van der Waals surface area contributed by atoms with Crippen molar-refractivity contribution in [1.29, 1.82) is 5.26 Å². The van der Waals surface area contributed by atoms with E-state index in [0.29, 0.717) is 0 Å². The molecule has 68 valence electrons. The standard InChI is InChI=1S/C7H3Cl2NO2S/c8-6-2-1-5(4-10)7(3-6)13(9,11)12/h1-3H. The molecule has 0 heterocycles. The molecule has 0 N–H and O–H groups in total. The monoisotopic (exact) mass is 235 g/mol. The quantitative estimate of drug-likeness (QED) is 0.702. The molecule has 0 aliphatic carbocycles. The third-order valence-corrected chi connectivity index (χ3v) is 2.92. The Labute approximate surface area is 84.9 Å². The molecule has 0 bridgehead atoms. The molecule has 1 aromatic rings. The fraction of sp³-hybridized carbons (Fsp3) is 0. The molecule has 1 rings (SSSR count). The van der Waals surface area contributed by atoms with Gasteiger partial charge in [0.05, 0.1) is 5.56 Å². The van der Waals surface area contributed by atoms with Crippen LogP contribution in [0.25, 0.3) is 0 Å². The lowest BCUT2D eigenvalue weighted by molar-refractivity contribution is 0.609. The summed E-state index contributed by atoms with van der Waals surface area (Å²) >= 11 is 5.55. The number of rotatable bonds is 1. The SMILES string of the molecule is N#Cc1ccc(Cl)cc1S(=O)(=O)Cl. The molecular weight excluding hydrogens is 233 g/mol. The first kappa shape index (κ1) is 10.3. The molecule has 0 amide bonds. The third-order valence-electron chi connectivity index (χ3n) is 1.33. The van der Waals surface area contributed by atoms with E-state index in [4.69, 9.17) is 27.5 Å². The Morgan fingerprint density at radius 3 is 2.46 bits per heavy atom. The summed E-state index contributed by atoms with van der Waals surface area (Å²) in [7, 11) is 1.17. The lowest BCUT2D eigenvalue weighted by atomic mass is 10.2. The van der Waals surface area contributed by atoms with Crippen LogP contribution in [-0.4, -0.2) is 8.42 Å². The van der Waals surface area contributed by atoms with Crippen LogP contribution < -0.4 is 0 Å². The second-order valence-electron chi connectivity index (χ2n) is 2.19. The van der Waals surface area contributed by atoms with Crippen molar-refractivity contribution in [2.75, 3.05) is 0 Å². The van der Waals surface area contributed by atoms with E-state index in [9.17, 15) is 8.42 Å². The minimum atomic E-state index is -3.90. The molecule has 0 aromatic heterocycles. The Kier molecular flexibility index (Phi) is 2.81. The predicted molar refractivity (Wildman–Crippen MR) is 49.2 cm³/mol. The topological polar surface area (TPSA) is 57.9 Å². The van der Waals surface area contributed by atoms with Crippen molar-refractivity contribution in [2.24, 2.45) is 0 Å².